The molecule has 0 spiro atoms. The molecule has 1 N–H and O–H groups in total. The van der Waals surface area contributed by atoms with Crippen molar-refractivity contribution in [3.8, 4) is 0 Å². The van der Waals surface area contributed by atoms with Crippen LogP contribution in [0, 0.1) is 0 Å². The Morgan fingerprint density at radius 1 is 1.20 bits per heavy atom. The second-order valence-corrected chi connectivity index (χ2v) is 4.99. The first-order valence-corrected chi connectivity index (χ1v) is 7.32. The molecule has 0 aliphatic rings. The van der Waals surface area contributed by atoms with E-state index in [1.165, 1.54) is 11.1 Å². The lowest BCUT2D eigenvalue weighted by Crippen LogP contribution is -2.23. The SMILES string of the molecule is CCCNC(C)c1nnnn1Cc1ccccc1CC. The highest BCUT2D eigenvalue weighted by Gasteiger charge is 2.14. The van der Waals surface area contributed by atoms with Gasteiger partial charge in [0.1, 0.15) is 0 Å². The van der Waals surface area contributed by atoms with Crippen LogP contribution in [-0.4, -0.2) is 26.8 Å². The first-order chi connectivity index (χ1) is 9.76. The molecule has 1 aromatic carbocycles. The van der Waals surface area contributed by atoms with Crippen LogP contribution in [0.2, 0.25) is 0 Å². The summed E-state index contributed by atoms with van der Waals surface area (Å²) in [6.07, 6.45) is 2.13. The maximum atomic E-state index is 4.16. The Labute approximate surface area is 120 Å². The largest absolute Gasteiger partial charge is 0.307 e. The van der Waals surface area contributed by atoms with Crippen LogP contribution in [-0.2, 0) is 13.0 Å². The van der Waals surface area contributed by atoms with Crippen LogP contribution in [0.4, 0.5) is 0 Å². The summed E-state index contributed by atoms with van der Waals surface area (Å²) in [6.45, 7) is 8.12. The first kappa shape index (κ1) is 14.7. The van der Waals surface area contributed by atoms with Crippen molar-refractivity contribution < 1.29 is 0 Å². The number of hydrogen-bond acceptors (Lipinski definition) is 4. The van der Waals surface area contributed by atoms with E-state index in [4.69, 9.17) is 0 Å². The third kappa shape index (κ3) is 3.42. The number of aryl methyl sites for hydroxylation is 1. The standard InChI is InChI=1S/C15H23N5/c1-4-10-16-12(3)15-17-18-19-20(15)11-14-9-7-6-8-13(14)5-2/h6-9,12,16H,4-5,10-11H2,1-3H3. The van der Waals surface area contributed by atoms with Crippen LogP contribution in [0.1, 0.15) is 50.2 Å². The van der Waals surface area contributed by atoms with Crippen molar-refractivity contribution in [3.05, 3.63) is 41.2 Å². The molecule has 0 aliphatic heterocycles. The van der Waals surface area contributed by atoms with Gasteiger partial charge in [0.15, 0.2) is 5.82 Å². The minimum Gasteiger partial charge on any atom is -0.307 e. The Morgan fingerprint density at radius 2 is 1.95 bits per heavy atom. The minimum absolute atomic E-state index is 0.165. The van der Waals surface area contributed by atoms with E-state index in [-0.39, 0.29) is 6.04 Å². The van der Waals surface area contributed by atoms with Gasteiger partial charge in [0, 0.05) is 0 Å². The van der Waals surface area contributed by atoms with E-state index in [1.54, 1.807) is 0 Å². The predicted octanol–water partition coefficient (Wildman–Crippen LogP) is 2.34. The van der Waals surface area contributed by atoms with Gasteiger partial charge in [-0.25, -0.2) is 4.68 Å². The average molecular weight is 273 g/mol. The summed E-state index contributed by atoms with van der Waals surface area (Å²) in [5, 5.41) is 15.5. The number of nitrogens with one attached hydrogen (secondary N) is 1. The number of nitrogens with zero attached hydrogens (tertiary/aromatic N) is 4. The molecule has 0 fully saturated rings. The molecule has 1 atom stereocenters. The van der Waals surface area contributed by atoms with E-state index in [0.717, 1.165) is 31.8 Å². The zero-order valence-corrected chi connectivity index (χ0v) is 12.5. The molecule has 20 heavy (non-hydrogen) atoms. The molecule has 5 heteroatoms. The monoisotopic (exact) mass is 273 g/mol. The maximum Gasteiger partial charge on any atom is 0.168 e. The number of aromatic nitrogens is 4. The van der Waals surface area contributed by atoms with Gasteiger partial charge in [-0.15, -0.1) is 5.10 Å². The maximum absolute atomic E-state index is 4.16. The van der Waals surface area contributed by atoms with Crippen molar-refractivity contribution in [1.29, 1.82) is 0 Å². The van der Waals surface area contributed by atoms with Crippen LogP contribution in [0.15, 0.2) is 24.3 Å². The Kier molecular flexibility index (Phi) is 5.24. The van der Waals surface area contributed by atoms with E-state index < -0.39 is 0 Å². The lowest BCUT2D eigenvalue weighted by atomic mass is 10.1. The molecule has 0 bridgehead atoms. The number of benzene rings is 1. The molecular formula is C15H23N5. The quantitative estimate of drug-likeness (QED) is 0.841. The average Bonchev–Trinajstić information content (AvgIpc) is 2.93. The van der Waals surface area contributed by atoms with Gasteiger partial charge in [-0.1, -0.05) is 38.1 Å². The summed E-state index contributed by atoms with van der Waals surface area (Å²) < 4.78 is 1.89. The van der Waals surface area contributed by atoms with Crippen LogP contribution in [0.5, 0.6) is 0 Å². The van der Waals surface area contributed by atoms with Gasteiger partial charge < -0.3 is 5.32 Å². The normalized spacial score (nSPS) is 12.6. The molecule has 1 unspecified atom stereocenters. The third-order valence-corrected chi connectivity index (χ3v) is 3.47. The number of hydrogen-bond donors (Lipinski definition) is 1. The number of rotatable bonds is 7. The molecule has 0 saturated carbocycles. The fourth-order valence-corrected chi connectivity index (χ4v) is 2.30. The zero-order chi connectivity index (χ0) is 14.4. The van der Waals surface area contributed by atoms with Crippen LogP contribution < -0.4 is 5.32 Å². The van der Waals surface area contributed by atoms with Crippen molar-refractivity contribution in [2.24, 2.45) is 0 Å². The lowest BCUT2D eigenvalue weighted by molar-refractivity contribution is 0.503. The fraction of sp³-hybridized carbons (Fsp3) is 0.533. The third-order valence-electron chi connectivity index (χ3n) is 3.47. The molecule has 0 radical (unpaired) electrons. The molecule has 2 rings (SSSR count). The molecular weight excluding hydrogens is 250 g/mol. The van der Waals surface area contributed by atoms with Gasteiger partial charge in [-0.3, -0.25) is 0 Å². The summed E-state index contributed by atoms with van der Waals surface area (Å²) in [5.41, 5.74) is 2.63. The second kappa shape index (κ2) is 7.14. The van der Waals surface area contributed by atoms with Crippen LogP contribution in [0.25, 0.3) is 0 Å². The topological polar surface area (TPSA) is 55.6 Å². The van der Waals surface area contributed by atoms with E-state index in [9.17, 15) is 0 Å². The van der Waals surface area contributed by atoms with Gasteiger partial charge in [-0.2, -0.15) is 0 Å². The predicted molar refractivity (Wildman–Crippen MR) is 79.4 cm³/mol. The van der Waals surface area contributed by atoms with Gasteiger partial charge >= 0.3 is 0 Å². The molecule has 0 saturated heterocycles. The van der Waals surface area contributed by atoms with Crippen molar-refractivity contribution in [2.45, 2.75) is 46.2 Å². The molecule has 5 nitrogen and oxygen atoms in total. The first-order valence-electron chi connectivity index (χ1n) is 7.32. The highest BCUT2D eigenvalue weighted by molar-refractivity contribution is 5.27. The van der Waals surface area contributed by atoms with Gasteiger partial charge in [0.05, 0.1) is 12.6 Å². The lowest BCUT2D eigenvalue weighted by Gasteiger charge is -2.14. The van der Waals surface area contributed by atoms with E-state index in [2.05, 4.69) is 65.9 Å². The molecule has 0 amide bonds. The Bertz CT molecular complexity index is 535. The molecule has 1 heterocycles. The Hall–Kier alpha value is -1.75. The van der Waals surface area contributed by atoms with Gasteiger partial charge in [-0.05, 0) is 47.9 Å². The summed E-state index contributed by atoms with van der Waals surface area (Å²) >= 11 is 0. The zero-order valence-electron chi connectivity index (χ0n) is 12.5. The van der Waals surface area contributed by atoms with Crippen molar-refractivity contribution in [3.63, 3.8) is 0 Å². The minimum atomic E-state index is 0.165. The molecule has 0 aliphatic carbocycles. The Morgan fingerprint density at radius 3 is 2.65 bits per heavy atom. The van der Waals surface area contributed by atoms with Crippen LogP contribution >= 0.6 is 0 Å². The molecule has 2 aromatic rings. The number of tetrazole rings is 1. The summed E-state index contributed by atoms with van der Waals surface area (Å²) in [6, 6.07) is 8.62. The van der Waals surface area contributed by atoms with E-state index >= 15 is 0 Å². The highest BCUT2D eigenvalue weighted by atomic mass is 15.5. The van der Waals surface area contributed by atoms with Gasteiger partial charge in [0.2, 0.25) is 0 Å². The summed E-state index contributed by atoms with van der Waals surface area (Å²) in [4.78, 5) is 0. The summed E-state index contributed by atoms with van der Waals surface area (Å²) in [5.74, 6) is 0.893. The van der Waals surface area contributed by atoms with Crippen molar-refractivity contribution >= 4 is 0 Å². The fourth-order valence-electron chi connectivity index (χ4n) is 2.30. The van der Waals surface area contributed by atoms with E-state index in [0.29, 0.717) is 0 Å². The van der Waals surface area contributed by atoms with Crippen LogP contribution in [0.3, 0.4) is 0 Å². The highest BCUT2D eigenvalue weighted by Crippen LogP contribution is 2.14. The van der Waals surface area contributed by atoms with E-state index in [1.807, 2.05) is 4.68 Å². The molecule has 108 valence electrons. The van der Waals surface area contributed by atoms with Gasteiger partial charge in [0.25, 0.3) is 0 Å². The Balaban J connectivity index is 2.16. The molecule has 1 aromatic heterocycles. The van der Waals surface area contributed by atoms with Crippen molar-refractivity contribution in [2.75, 3.05) is 6.54 Å². The second-order valence-electron chi connectivity index (χ2n) is 4.99. The smallest absolute Gasteiger partial charge is 0.168 e. The van der Waals surface area contributed by atoms with Crippen molar-refractivity contribution in [1.82, 2.24) is 25.5 Å². The summed E-state index contributed by atoms with van der Waals surface area (Å²) in [7, 11) is 0.